The van der Waals surface area contributed by atoms with Crippen LogP contribution in [0.25, 0.3) is 5.69 Å². The summed E-state index contributed by atoms with van der Waals surface area (Å²) < 4.78 is 12.2. The van der Waals surface area contributed by atoms with Gasteiger partial charge in [-0.1, -0.05) is 36.9 Å². The monoisotopic (exact) mass is 482 g/mol. The third-order valence-electron chi connectivity index (χ3n) is 5.29. The van der Waals surface area contributed by atoms with E-state index in [1.54, 1.807) is 45.2 Å². The minimum atomic E-state index is -0.460. The van der Waals surface area contributed by atoms with E-state index in [2.05, 4.69) is 28.5 Å². The van der Waals surface area contributed by atoms with Crippen LogP contribution in [-0.4, -0.2) is 45.6 Å². The lowest BCUT2D eigenvalue weighted by molar-refractivity contribution is -0.142. The van der Waals surface area contributed by atoms with E-state index in [-0.39, 0.29) is 18.4 Å². The minimum Gasteiger partial charge on any atom is -0.497 e. The van der Waals surface area contributed by atoms with Crippen molar-refractivity contribution >= 4 is 23.6 Å². The molecule has 34 heavy (non-hydrogen) atoms. The van der Waals surface area contributed by atoms with Gasteiger partial charge in [-0.2, -0.15) is 0 Å². The van der Waals surface area contributed by atoms with E-state index in [0.29, 0.717) is 28.9 Å². The molecule has 1 atom stereocenters. The molecule has 1 aromatic heterocycles. The number of para-hydroxylation sites is 1. The van der Waals surface area contributed by atoms with Gasteiger partial charge < -0.3 is 14.8 Å². The van der Waals surface area contributed by atoms with Gasteiger partial charge >= 0.3 is 5.97 Å². The fourth-order valence-corrected chi connectivity index (χ4v) is 4.38. The molecule has 0 aliphatic carbocycles. The number of nitrogens with zero attached hydrogens (tertiary/aromatic N) is 3. The molecular formula is C25H30N4O4S. The van der Waals surface area contributed by atoms with Crippen LogP contribution in [0.2, 0.25) is 0 Å². The Morgan fingerprint density at radius 3 is 2.50 bits per heavy atom. The number of aromatic nitrogens is 3. The van der Waals surface area contributed by atoms with E-state index in [4.69, 9.17) is 9.47 Å². The van der Waals surface area contributed by atoms with Gasteiger partial charge in [0.1, 0.15) is 11.0 Å². The zero-order valence-electron chi connectivity index (χ0n) is 20.1. The third-order valence-corrected chi connectivity index (χ3v) is 6.31. The van der Waals surface area contributed by atoms with Crippen LogP contribution in [0.4, 0.5) is 0 Å². The predicted molar refractivity (Wildman–Crippen MR) is 132 cm³/mol. The first kappa shape index (κ1) is 25.3. The topological polar surface area (TPSA) is 95.3 Å². The molecule has 3 rings (SSSR count). The minimum absolute atomic E-state index is 0.170. The van der Waals surface area contributed by atoms with Crippen LogP contribution >= 0.6 is 11.8 Å². The van der Waals surface area contributed by atoms with Gasteiger partial charge in [-0.25, -0.2) is 0 Å². The number of carbonyl (C=O) groups is 2. The van der Waals surface area contributed by atoms with Gasteiger partial charge in [0.05, 0.1) is 25.9 Å². The lowest BCUT2D eigenvalue weighted by atomic mass is 10.1. The van der Waals surface area contributed by atoms with E-state index < -0.39 is 5.25 Å². The summed E-state index contributed by atoms with van der Waals surface area (Å²) in [7, 11) is 1.58. The Kier molecular flexibility index (Phi) is 8.70. The van der Waals surface area contributed by atoms with Gasteiger partial charge in [-0.15, -0.1) is 10.2 Å². The number of rotatable bonds is 10. The van der Waals surface area contributed by atoms with Crippen LogP contribution in [0.15, 0.2) is 47.6 Å². The second-order valence-corrected chi connectivity index (χ2v) is 8.90. The molecule has 0 saturated carbocycles. The predicted octanol–water partition coefficient (Wildman–Crippen LogP) is 4.12. The first-order valence-corrected chi connectivity index (χ1v) is 12.1. The number of methoxy groups -OCH3 is 1. The van der Waals surface area contributed by atoms with Gasteiger partial charge in [-0.05, 0) is 62.6 Å². The molecule has 1 heterocycles. The normalized spacial score (nSPS) is 11.7. The molecule has 0 fully saturated rings. The molecule has 9 heteroatoms. The number of thioether (sulfide) groups is 1. The van der Waals surface area contributed by atoms with Crippen LogP contribution in [0, 0.1) is 6.92 Å². The average Bonchev–Trinajstić information content (AvgIpc) is 3.24. The van der Waals surface area contributed by atoms with Crippen LogP contribution in [-0.2, 0) is 22.5 Å². The highest BCUT2D eigenvalue weighted by atomic mass is 32.2. The Hall–Kier alpha value is -3.33. The molecule has 180 valence electrons. The van der Waals surface area contributed by atoms with Crippen molar-refractivity contribution in [2.75, 3.05) is 13.7 Å². The Morgan fingerprint density at radius 2 is 1.85 bits per heavy atom. The number of hydrogen-bond acceptors (Lipinski definition) is 7. The Bertz CT molecular complexity index is 1140. The van der Waals surface area contributed by atoms with Crippen molar-refractivity contribution in [3.05, 3.63) is 65.0 Å². The number of ether oxygens (including phenoxy) is 2. The van der Waals surface area contributed by atoms with Gasteiger partial charge in [-0.3, -0.25) is 14.2 Å². The first-order valence-electron chi connectivity index (χ1n) is 11.2. The van der Waals surface area contributed by atoms with Crippen molar-refractivity contribution in [1.82, 2.24) is 20.1 Å². The number of aryl methyl sites for hydroxylation is 2. The molecule has 8 nitrogen and oxygen atoms in total. The SMILES string of the molecule is CCOC(=O)C(C)Sc1nnc(CNC(=O)c2ccc(OC)cc2)n1-c1c(C)cccc1CC. The van der Waals surface area contributed by atoms with E-state index >= 15 is 0 Å². The summed E-state index contributed by atoms with van der Waals surface area (Å²) in [6, 6.07) is 13.0. The van der Waals surface area contributed by atoms with Crippen LogP contribution in [0.3, 0.4) is 0 Å². The molecule has 0 radical (unpaired) electrons. The number of benzene rings is 2. The second-order valence-electron chi connectivity index (χ2n) is 7.59. The Balaban J connectivity index is 1.93. The largest absolute Gasteiger partial charge is 0.497 e. The number of esters is 1. The summed E-state index contributed by atoms with van der Waals surface area (Å²) in [4.78, 5) is 25.0. The fraction of sp³-hybridized carbons (Fsp3) is 0.360. The zero-order valence-corrected chi connectivity index (χ0v) is 20.9. The fourth-order valence-electron chi connectivity index (χ4n) is 3.51. The second kappa shape index (κ2) is 11.7. The average molecular weight is 483 g/mol. The lowest BCUT2D eigenvalue weighted by Crippen LogP contribution is -2.25. The summed E-state index contributed by atoms with van der Waals surface area (Å²) in [6.07, 6.45) is 0.810. The highest BCUT2D eigenvalue weighted by Crippen LogP contribution is 2.30. The lowest BCUT2D eigenvalue weighted by Gasteiger charge is -2.18. The molecule has 0 saturated heterocycles. The zero-order chi connectivity index (χ0) is 24.7. The van der Waals surface area contributed by atoms with Crippen molar-refractivity contribution < 1.29 is 19.1 Å². The quantitative estimate of drug-likeness (QED) is 0.343. The van der Waals surface area contributed by atoms with Crippen molar-refractivity contribution in [3.8, 4) is 11.4 Å². The highest BCUT2D eigenvalue weighted by molar-refractivity contribution is 8.00. The van der Waals surface area contributed by atoms with Gasteiger partial charge in [0.2, 0.25) is 0 Å². The standard InChI is InChI=1S/C25H30N4O4S/c1-6-18-10-8-9-16(3)22(18)29-21(27-28-25(29)34-17(4)24(31)33-7-2)15-26-23(30)19-11-13-20(32-5)14-12-19/h8-14,17H,6-7,15H2,1-5H3,(H,26,30). The Morgan fingerprint density at radius 1 is 1.12 bits per heavy atom. The highest BCUT2D eigenvalue weighted by Gasteiger charge is 2.24. The maximum Gasteiger partial charge on any atom is 0.319 e. The van der Waals surface area contributed by atoms with Crippen molar-refractivity contribution in [3.63, 3.8) is 0 Å². The van der Waals surface area contributed by atoms with E-state index in [0.717, 1.165) is 23.2 Å². The number of carbonyl (C=O) groups excluding carboxylic acids is 2. The smallest absolute Gasteiger partial charge is 0.319 e. The van der Waals surface area contributed by atoms with Crippen molar-refractivity contribution in [1.29, 1.82) is 0 Å². The first-order chi connectivity index (χ1) is 16.4. The summed E-state index contributed by atoms with van der Waals surface area (Å²) >= 11 is 1.28. The summed E-state index contributed by atoms with van der Waals surface area (Å²) in [5.74, 6) is 0.716. The molecule has 0 aliphatic rings. The van der Waals surface area contributed by atoms with E-state index in [9.17, 15) is 9.59 Å². The number of nitrogens with one attached hydrogen (secondary N) is 1. The van der Waals surface area contributed by atoms with Gasteiger partial charge in [0.15, 0.2) is 11.0 Å². The molecule has 1 N–H and O–H groups in total. The molecular weight excluding hydrogens is 452 g/mol. The molecule has 0 aliphatic heterocycles. The third kappa shape index (κ3) is 5.77. The summed E-state index contributed by atoms with van der Waals surface area (Å²) in [6.45, 7) is 8.16. The Labute approximate surface area is 204 Å². The molecule has 2 aromatic carbocycles. The van der Waals surface area contributed by atoms with Gasteiger partial charge in [0.25, 0.3) is 5.91 Å². The molecule has 3 aromatic rings. The van der Waals surface area contributed by atoms with Crippen LogP contribution in [0.1, 0.15) is 48.1 Å². The van der Waals surface area contributed by atoms with Gasteiger partial charge in [0, 0.05) is 5.56 Å². The molecule has 1 amide bonds. The number of amides is 1. The van der Waals surface area contributed by atoms with E-state index in [1.165, 1.54) is 11.8 Å². The summed E-state index contributed by atoms with van der Waals surface area (Å²) in [5.41, 5.74) is 3.64. The summed E-state index contributed by atoms with van der Waals surface area (Å²) in [5, 5.41) is 11.8. The molecule has 1 unspecified atom stereocenters. The maximum atomic E-state index is 12.7. The van der Waals surface area contributed by atoms with E-state index in [1.807, 2.05) is 23.6 Å². The van der Waals surface area contributed by atoms with Crippen LogP contribution < -0.4 is 10.1 Å². The van der Waals surface area contributed by atoms with Crippen molar-refractivity contribution in [2.24, 2.45) is 0 Å². The molecule has 0 bridgehead atoms. The van der Waals surface area contributed by atoms with Crippen LogP contribution in [0.5, 0.6) is 5.75 Å². The maximum absolute atomic E-state index is 12.7. The van der Waals surface area contributed by atoms with Crippen molar-refractivity contribution in [2.45, 2.75) is 51.1 Å². The molecule has 0 spiro atoms. The number of hydrogen-bond donors (Lipinski definition) is 1.